The van der Waals surface area contributed by atoms with Gasteiger partial charge in [-0.2, -0.15) is 0 Å². The van der Waals surface area contributed by atoms with Crippen molar-refractivity contribution in [1.29, 1.82) is 0 Å². The number of nitrogens with one attached hydrogen (secondary N) is 2. The van der Waals surface area contributed by atoms with E-state index < -0.39 is 23.0 Å². The van der Waals surface area contributed by atoms with Crippen molar-refractivity contribution in [3.8, 4) is 5.75 Å². The molecule has 3 N–H and O–H groups in total. The molecule has 18 heavy (non-hydrogen) atoms. The summed E-state index contributed by atoms with van der Waals surface area (Å²) in [6.45, 7) is 0. The van der Waals surface area contributed by atoms with Crippen molar-refractivity contribution in [1.82, 2.24) is 4.98 Å². The van der Waals surface area contributed by atoms with E-state index in [9.17, 15) is 14.0 Å². The minimum atomic E-state index is -0.839. The molecule has 0 aliphatic rings. The Morgan fingerprint density at radius 1 is 1.28 bits per heavy atom. The number of hydrogen-bond acceptors (Lipinski definition) is 3. The molecule has 0 spiro atoms. The molecule has 1 aromatic carbocycles. The van der Waals surface area contributed by atoms with E-state index in [-0.39, 0.29) is 11.4 Å². The van der Waals surface area contributed by atoms with E-state index in [1.807, 2.05) is 0 Å². The highest BCUT2D eigenvalue weighted by molar-refractivity contribution is 6.02. The summed E-state index contributed by atoms with van der Waals surface area (Å²) in [5.41, 5.74) is -0.157. The van der Waals surface area contributed by atoms with Crippen molar-refractivity contribution in [2.24, 2.45) is 0 Å². The molecular weight excluding hydrogens is 239 g/mol. The maximum absolute atomic E-state index is 13.0. The molecule has 0 aliphatic carbocycles. The number of anilines is 1. The van der Waals surface area contributed by atoms with Crippen LogP contribution in [0.4, 0.5) is 10.1 Å². The summed E-state index contributed by atoms with van der Waals surface area (Å²) in [6.07, 6.45) is 0. The SMILES string of the molecule is O=C(Nc1ccc(O)c(F)c1)c1cccc(=O)[nH]1. The lowest BCUT2D eigenvalue weighted by atomic mass is 10.2. The third-order valence-electron chi connectivity index (χ3n) is 2.22. The molecule has 2 rings (SSSR count). The summed E-state index contributed by atoms with van der Waals surface area (Å²) in [5, 5.41) is 11.4. The van der Waals surface area contributed by atoms with Crippen LogP contribution in [0.15, 0.2) is 41.2 Å². The van der Waals surface area contributed by atoms with Crippen molar-refractivity contribution >= 4 is 11.6 Å². The second-order valence-electron chi connectivity index (χ2n) is 3.55. The van der Waals surface area contributed by atoms with Gasteiger partial charge in [-0.3, -0.25) is 9.59 Å². The van der Waals surface area contributed by atoms with Crippen molar-refractivity contribution in [3.63, 3.8) is 0 Å². The van der Waals surface area contributed by atoms with E-state index in [4.69, 9.17) is 5.11 Å². The van der Waals surface area contributed by atoms with Crippen LogP contribution in [0.25, 0.3) is 0 Å². The number of benzene rings is 1. The number of carbonyl (C=O) groups excluding carboxylic acids is 1. The Labute approximate surface area is 101 Å². The lowest BCUT2D eigenvalue weighted by Gasteiger charge is -2.05. The van der Waals surface area contributed by atoms with E-state index >= 15 is 0 Å². The second kappa shape index (κ2) is 4.70. The van der Waals surface area contributed by atoms with Gasteiger partial charge in [-0.25, -0.2) is 4.39 Å². The smallest absolute Gasteiger partial charge is 0.272 e. The standard InChI is InChI=1S/C12H9FN2O3/c13-8-6-7(4-5-10(8)16)14-12(18)9-2-1-3-11(17)15-9/h1-6,16H,(H,14,18)(H,15,17). The van der Waals surface area contributed by atoms with Crippen molar-refractivity contribution in [3.05, 3.63) is 58.3 Å². The minimum absolute atomic E-state index is 0.0657. The van der Waals surface area contributed by atoms with Crippen molar-refractivity contribution in [2.75, 3.05) is 5.32 Å². The van der Waals surface area contributed by atoms with Gasteiger partial charge in [0.25, 0.3) is 5.91 Å². The van der Waals surface area contributed by atoms with Crippen LogP contribution in [0.3, 0.4) is 0 Å². The number of rotatable bonds is 2. The third-order valence-corrected chi connectivity index (χ3v) is 2.22. The molecular formula is C12H9FN2O3. The van der Waals surface area contributed by atoms with Crippen LogP contribution in [0, 0.1) is 5.82 Å². The zero-order valence-corrected chi connectivity index (χ0v) is 9.11. The van der Waals surface area contributed by atoms with Gasteiger partial charge in [0.05, 0.1) is 0 Å². The summed E-state index contributed by atoms with van der Waals surface area (Å²) >= 11 is 0. The van der Waals surface area contributed by atoms with E-state index in [1.165, 1.54) is 24.3 Å². The molecule has 92 valence electrons. The molecule has 6 heteroatoms. The number of amides is 1. The van der Waals surface area contributed by atoms with Gasteiger partial charge in [0, 0.05) is 17.8 Å². The predicted molar refractivity (Wildman–Crippen MR) is 63.1 cm³/mol. The summed E-state index contributed by atoms with van der Waals surface area (Å²) < 4.78 is 13.0. The monoisotopic (exact) mass is 248 g/mol. The molecule has 0 saturated carbocycles. The Morgan fingerprint density at radius 3 is 2.72 bits per heavy atom. The quantitative estimate of drug-likeness (QED) is 0.704. The first kappa shape index (κ1) is 11.8. The maximum Gasteiger partial charge on any atom is 0.272 e. The van der Waals surface area contributed by atoms with Crippen LogP contribution in [0.2, 0.25) is 0 Å². The topological polar surface area (TPSA) is 82.2 Å². The van der Waals surface area contributed by atoms with Crippen molar-refractivity contribution < 1.29 is 14.3 Å². The Morgan fingerprint density at radius 2 is 2.06 bits per heavy atom. The summed E-state index contributed by atoms with van der Waals surface area (Å²) in [4.78, 5) is 25.1. The Bertz CT molecular complexity index is 652. The Kier molecular flexibility index (Phi) is 3.09. The number of halogens is 1. The highest BCUT2D eigenvalue weighted by atomic mass is 19.1. The van der Waals surface area contributed by atoms with E-state index in [0.29, 0.717) is 0 Å². The number of aromatic hydroxyl groups is 1. The first-order valence-electron chi connectivity index (χ1n) is 5.05. The van der Waals surface area contributed by atoms with Crippen molar-refractivity contribution in [2.45, 2.75) is 0 Å². The number of hydrogen-bond donors (Lipinski definition) is 3. The predicted octanol–water partition coefficient (Wildman–Crippen LogP) is 1.47. The largest absolute Gasteiger partial charge is 0.505 e. The third kappa shape index (κ3) is 2.54. The lowest BCUT2D eigenvalue weighted by Crippen LogP contribution is -2.17. The Balaban J connectivity index is 2.21. The normalized spacial score (nSPS) is 10.1. The lowest BCUT2D eigenvalue weighted by molar-refractivity contribution is 0.102. The van der Waals surface area contributed by atoms with Crippen LogP contribution in [-0.4, -0.2) is 16.0 Å². The second-order valence-corrected chi connectivity index (χ2v) is 3.55. The fourth-order valence-electron chi connectivity index (χ4n) is 1.36. The number of phenols is 1. The molecule has 1 amide bonds. The first-order chi connectivity index (χ1) is 8.56. The first-order valence-corrected chi connectivity index (χ1v) is 5.05. The Hall–Kier alpha value is -2.63. The van der Waals surface area contributed by atoms with Gasteiger partial charge in [0.2, 0.25) is 5.56 Å². The summed E-state index contributed by atoms with van der Waals surface area (Å²) in [7, 11) is 0. The van der Waals surface area contributed by atoms with Gasteiger partial charge in [-0.1, -0.05) is 6.07 Å². The fourth-order valence-corrected chi connectivity index (χ4v) is 1.36. The summed E-state index contributed by atoms with van der Waals surface area (Å²) in [6, 6.07) is 7.58. The maximum atomic E-state index is 13.0. The highest BCUT2D eigenvalue weighted by Crippen LogP contribution is 2.19. The molecule has 0 saturated heterocycles. The minimum Gasteiger partial charge on any atom is -0.505 e. The number of aromatic amines is 1. The number of aromatic nitrogens is 1. The average molecular weight is 248 g/mol. The molecule has 1 heterocycles. The molecule has 0 aliphatic heterocycles. The molecule has 0 atom stereocenters. The van der Waals surface area contributed by atoms with Crippen LogP contribution in [0.5, 0.6) is 5.75 Å². The van der Waals surface area contributed by atoms with E-state index in [0.717, 1.165) is 12.1 Å². The van der Waals surface area contributed by atoms with Gasteiger partial charge in [-0.15, -0.1) is 0 Å². The highest BCUT2D eigenvalue weighted by Gasteiger charge is 2.08. The van der Waals surface area contributed by atoms with Gasteiger partial charge in [0.15, 0.2) is 11.6 Å². The molecule has 2 aromatic rings. The fraction of sp³-hybridized carbons (Fsp3) is 0. The van der Waals surface area contributed by atoms with Crippen LogP contribution in [-0.2, 0) is 0 Å². The van der Waals surface area contributed by atoms with E-state index in [1.54, 1.807) is 0 Å². The number of phenolic OH excluding ortho intramolecular Hbond substituents is 1. The molecule has 0 fully saturated rings. The van der Waals surface area contributed by atoms with Gasteiger partial charge >= 0.3 is 0 Å². The molecule has 0 unspecified atom stereocenters. The van der Waals surface area contributed by atoms with Gasteiger partial charge in [-0.05, 0) is 18.2 Å². The molecule has 0 bridgehead atoms. The summed E-state index contributed by atoms with van der Waals surface area (Å²) in [5.74, 6) is -1.91. The zero-order chi connectivity index (χ0) is 13.1. The number of pyridine rings is 1. The van der Waals surface area contributed by atoms with Gasteiger partial charge < -0.3 is 15.4 Å². The van der Waals surface area contributed by atoms with Gasteiger partial charge in [0.1, 0.15) is 5.69 Å². The van der Waals surface area contributed by atoms with Crippen LogP contribution < -0.4 is 10.9 Å². The molecule has 5 nitrogen and oxygen atoms in total. The zero-order valence-electron chi connectivity index (χ0n) is 9.11. The van der Waals surface area contributed by atoms with Crippen LogP contribution in [0.1, 0.15) is 10.5 Å². The molecule has 1 aromatic heterocycles. The molecule has 0 radical (unpaired) electrons. The van der Waals surface area contributed by atoms with E-state index in [2.05, 4.69) is 10.3 Å². The number of carbonyl (C=O) groups is 1. The number of H-pyrrole nitrogens is 1. The van der Waals surface area contributed by atoms with Crippen LogP contribution >= 0.6 is 0 Å². The average Bonchev–Trinajstić information content (AvgIpc) is 2.34.